The van der Waals surface area contributed by atoms with E-state index in [-0.39, 0.29) is 17.3 Å². The highest BCUT2D eigenvalue weighted by Crippen LogP contribution is 2.31. The van der Waals surface area contributed by atoms with Crippen molar-refractivity contribution in [2.45, 2.75) is 6.92 Å². The minimum absolute atomic E-state index is 0.174. The molecule has 0 atom stereocenters. The van der Waals surface area contributed by atoms with Gasteiger partial charge in [0.15, 0.2) is 0 Å². The number of nitrogens with zero attached hydrogens (tertiary/aromatic N) is 2. The second kappa shape index (κ2) is 5.52. The van der Waals surface area contributed by atoms with Crippen molar-refractivity contribution in [1.29, 1.82) is 0 Å². The molecule has 0 bridgehead atoms. The van der Waals surface area contributed by atoms with Crippen LogP contribution in [0.15, 0.2) is 10.2 Å². The Morgan fingerprint density at radius 2 is 2.00 bits per heavy atom. The molecule has 1 aliphatic rings. The Morgan fingerprint density at radius 3 is 2.63 bits per heavy atom. The van der Waals surface area contributed by atoms with Gasteiger partial charge in [0.25, 0.3) is 0 Å². The smallest absolute Gasteiger partial charge is 0.230 e. The monoisotopic (exact) mass is 343 g/mol. The van der Waals surface area contributed by atoms with Gasteiger partial charge in [0, 0.05) is 13.1 Å². The van der Waals surface area contributed by atoms with Crippen molar-refractivity contribution in [2.75, 3.05) is 27.2 Å². The molecule has 0 saturated heterocycles. The number of thiazole rings is 1. The van der Waals surface area contributed by atoms with E-state index in [4.69, 9.17) is 0 Å². The standard InChI is InChI=1S/C12H14BrN3O2S/c1-6-15-9-11(18)8(14-4-5-16(2)3)7(13)10(17)12(9)19-6/h14H,4-5H2,1-3H3. The lowest BCUT2D eigenvalue weighted by Crippen LogP contribution is -2.33. The summed E-state index contributed by atoms with van der Waals surface area (Å²) in [4.78, 5) is 31.0. The lowest BCUT2D eigenvalue weighted by atomic mass is 10.0. The molecular formula is C12H14BrN3O2S. The van der Waals surface area contributed by atoms with Crippen LogP contribution in [-0.2, 0) is 0 Å². The molecule has 1 N–H and O–H groups in total. The number of likely N-dealkylation sites (N-methyl/N-ethyl adjacent to an activating group) is 1. The number of fused-ring (bicyclic) bond motifs is 1. The Balaban J connectivity index is 2.26. The molecule has 102 valence electrons. The Labute approximate surface area is 123 Å². The predicted octanol–water partition coefficient (Wildman–Crippen LogP) is 1.59. The molecule has 5 nitrogen and oxygen atoms in total. The van der Waals surface area contributed by atoms with Gasteiger partial charge < -0.3 is 10.2 Å². The lowest BCUT2D eigenvalue weighted by molar-refractivity contribution is 0.0975. The van der Waals surface area contributed by atoms with Gasteiger partial charge in [0.1, 0.15) is 16.3 Å². The number of halogens is 1. The number of hydrogen-bond acceptors (Lipinski definition) is 6. The van der Waals surface area contributed by atoms with Crippen LogP contribution in [0, 0.1) is 6.92 Å². The SMILES string of the molecule is Cc1nc2c(s1)C(=O)C(Br)=C(NCCN(C)C)C2=O. The van der Waals surface area contributed by atoms with Crippen molar-refractivity contribution < 1.29 is 9.59 Å². The van der Waals surface area contributed by atoms with Gasteiger partial charge in [0.2, 0.25) is 11.6 Å². The highest BCUT2D eigenvalue weighted by Gasteiger charge is 2.34. The molecule has 0 saturated carbocycles. The summed E-state index contributed by atoms with van der Waals surface area (Å²) in [6, 6.07) is 0. The third-order valence-electron chi connectivity index (χ3n) is 2.66. The molecule has 1 aliphatic carbocycles. The van der Waals surface area contributed by atoms with Crippen LogP contribution in [0.2, 0.25) is 0 Å². The van der Waals surface area contributed by atoms with Gasteiger partial charge in [-0.1, -0.05) is 0 Å². The van der Waals surface area contributed by atoms with Crippen molar-refractivity contribution in [2.24, 2.45) is 0 Å². The number of aryl methyl sites for hydroxylation is 1. The minimum Gasteiger partial charge on any atom is -0.379 e. The Hall–Kier alpha value is -1.05. The normalized spacial score (nSPS) is 15.2. The maximum Gasteiger partial charge on any atom is 0.230 e. The Morgan fingerprint density at radius 1 is 1.32 bits per heavy atom. The molecule has 7 heteroatoms. The summed E-state index contributed by atoms with van der Waals surface area (Å²) in [6.45, 7) is 3.15. The predicted molar refractivity (Wildman–Crippen MR) is 78.0 cm³/mol. The van der Waals surface area contributed by atoms with Crippen LogP contribution in [0.25, 0.3) is 0 Å². The zero-order valence-corrected chi connectivity index (χ0v) is 13.3. The van der Waals surface area contributed by atoms with E-state index >= 15 is 0 Å². The highest BCUT2D eigenvalue weighted by molar-refractivity contribution is 9.12. The van der Waals surface area contributed by atoms with Gasteiger partial charge in [-0.05, 0) is 36.9 Å². The summed E-state index contributed by atoms with van der Waals surface area (Å²) < 4.78 is 0.299. The van der Waals surface area contributed by atoms with E-state index in [0.717, 1.165) is 11.6 Å². The molecule has 0 spiro atoms. The van der Waals surface area contributed by atoms with Crippen molar-refractivity contribution in [1.82, 2.24) is 15.2 Å². The molecule has 0 radical (unpaired) electrons. The largest absolute Gasteiger partial charge is 0.379 e. The fraction of sp³-hybridized carbons (Fsp3) is 0.417. The van der Waals surface area contributed by atoms with Gasteiger partial charge in [-0.3, -0.25) is 9.59 Å². The molecule has 19 heavy (non-hydrogen) atoms. The van der Waals surface area contributed by atoms with E-state index in [0.29, 0.717) is 21.6 Å². The van der Waals surface area contributed by atoms with Crippen molar-refractivity contribution >= 4 is 38.8 Å². The number of rotatable bonds is 4. The van der Waals surface area contributed by atoms with E-state index in [1.165, 1.54) is 11.3 Å². The molecule has 0 unspecified atom stereocenters. The highest BCUT2D eigenvalue weighted by atomic mass is 79.9. The number of aromatic nitrogens is 1. The maximum absolute atomic E-state index is 12.3. The fourth-order valence-corrected chi connectivity index (χ4v) is 3.24. The van der Waals surface area contributed by atoms with Crippen LogP contribution in [0.1, 0.15) is 25.2 Å². The van der Waals surface area contributed by atoms with Gasteiger partial charge in [-0.25, -0.2) is 4.98 Å². The first kappa shape index (κ1) is 14.4. The van der Waals surface area contributed by atoms with Gasteiger partial charge in [-0.2, -0.15) is 0 Å². The quantitative estimate of drug-likeness (QED) is 0.899. The van der Waals surface area contributed by atoms with Crippen LogP contribution in [0.3, 0.4) is 0 Å². The lowest BCUT2D eigenvalue weighted by Gasteiger charge is -2.17. The van der Waals surface area contributed by atoms with Crippen molar-refractivity contribution in [3.8, 4) is 0 Å². The number of ketones is 2. The van der Waals surface area contributed by atoms with Crippen LogP contribution < -0.4 is 5.32 Å². The maximum atomic E-state index is 12.3. The molecule has 1 aromatic rings. The number of Topliss-reactive ketones (excluding diaryl/α,β-unsaturated/α-hetero) is 2. The van der Waals surface area contributed by atoms with E-state index in [1.807, 2.05) is 19.0 Å². The number of hydrogen-bond donors (Lipinski definition) is 1. The average molecular weight is 344 g/mol. The molecule has 0 aliphatic heterocycles. The molecule has 2 rings (SSSR count). The molecule has 0 fully saturated rings. The molecule has 1 heterocycles. The summed E-state index contributed by atoms with van der Waals surface area (Å²) in [5.74, 6) is -0.392. The van der Waals surface area contributed by atoms with Crippen LogP contribution in [-0.4, -0.2) is 48.6 Å². The van der Waals surface area contributed by atoms with Crippen LogP contribution in [0.5, 0.6) is 0 Å². The van der Waals surface area contributed by atoms with E-state index in [1.54, 1.807) is 6.92 Å². The second-order valence-corrected chi connectivity index (χ2v) is 6.48. The molecule has 0 amide bonds. The summed E-state index contributed by atoms with van der Waals surface area (Å²) in [6.07, 6.45) is 0. The van der Waals surface area contributed by atoms with Crippen LogP contribution >= 0.6 is 27.3 Å². The first-order valence-corrected chi connectivity index (χ1v) is 7.38. The average Bonchev–Trinajstić information content (AvgIpc) is 2.73. The number of allylic oxidation sites excluding steroid dienone is 2. The van der Waals surface area contributed by atoms with Crippen molar-refractivity contribution in [3.63, 3.8) is 0 Å². The second-order valence-electron chi connectivity index (χ2n) is 4.49. The van der Waals surface area contributed by atoms with E-state index in [2.05, 4.69) is 26.2 Å². The Bertz CT molecular complexity index is 578. The zero-order chi connectivity index (χ0) is 14.2. The molecule has 0 aromatic carbocycles. The molecular weight excluding hydrogens is 330 g/mol. The van der Waals surface area contributed by atoms with Crippen LogP contribution in [0.4, 0.5) is 0 Å². The Kier molecular flexibility index (Phi) is 4.17. The molecule has 1 aromatic heterocycles. The van der Waals surface area contributed by atoms with Gasteiger partial charge in [0.05, 0.1) is 9.49 Å². The van der Waals surface area contributed by atoms with Gasteiger partial charge in [-0.15, -0.1) is 11.3 Å². The summed E-state index contributed by atoms with van der Waals surface area (Å²) in [5, 5.41) is 3.74. The van der Waals surface area contributed by atoms with E-state index in [9.17, 15) is 9.59 Å². The first-order chi connectivity index (χ1) is 8.91. The minimum atomic E-state index is -0.218. The fourth-order valence-electron chi connectivity index (χ4n) is 1.73. The number of nitrogens with one attached hydrogen (secondary N) is 1. The summed E-state index contributed by atoms with van der Waals surface area (Å²) >= 11 is 4.47. The topological polar surface area (TPSA) is 62.3 Å². The third-order valence-corrected chi connectivity index (χ3v) is 4.39. The number of carbonyl (C=O) groups is 2. The van der Waals surface area contributed by atoms with E-state index < -0.39 is 0 Å². The van der Waals surface area contributed by atoms with Gasteiger partial charge >= 0.3 is 0 Å². The summed E-state index contributed by atoms with van der Waals surface area (Å²) in [7, 11) is 3.89. The summed E-state index contributed by atoms with van der Waals surface area (Å²) in [5.41, 5.74) is 0.577. The third kappa shape index (κ3) is 2.77. The van der Waals surface area contributed by atoms with Crippen molar-refractivity contribution in [3.05, 3.63) is 25.8 Å². The zero-order valence-electron chi connectivity index (χ0n) is 10.9. The first-order valence-electron chi connectivity index (χ1n) is 5.77. The number of carbonyl (C=O) groups excluding carboxylic acids is 2.